The van der Waals surface area contributed by atoms with Crippen LogP contribution in [-0.2, 0) is 31.8 Å². The van der Waals surface area contributed by atoms with Crippen LogP contribution in [0.3, 0.4) is 0 Å². The Morgan fingerprint density at radius 2 is 0.977 bits per heavy atom. The molecule has 44 heavy (non-hydrogen) atoms. The summed E-state index contributed by atoms with van der Waals surface area (Å²) in [6.07, 6.45) is 3.25. The number of hydrogen-bond donors (Lipinski definition) is 0. The zero-order valence-electron chi connectivity index (χ0n) is 25.7. The number of hydrogen-bond acceptors (Lipinski definition) is 7. The first-order valence-corrected chi connectivity index (χ1v) is 19.9. The fourth-order valence-corrected chi connectivity index (χ4v) is 13.4. The van der Waals surface area contributed by atoms with Crippen LogP contribution in [0.5, 0.6) is 0 Å². The Hall–Kier alpha value is -2.59. The Balaban J connectivity index is 2.03. The minimum Gasteiger partial charge on any atom is -0.313 e. The quantitative estimate of drug-likeness (QED) is 0.0879. The molecule has 1 unspecified atom stereocenters. The second-order valence-corrected chi connectivity index (χ2v) is 17.5. The summed E-state index contributed by atoms with van der Waals surface area (Å²) in [5.74, 6) is 0. The molecule has 0 radical (unpaired) electrons. The Kier molecular flexibility index (Phi) is 12.2. The standard InChI is InChI=1S/C34H41O7P3/c1-5-38-43(36,39-6-2)34(44(37,40-7-3)41-8-4)26-25-33(30-24-23-28-17-15-16-18-29(28)27-30)42(35,31-19-11-9-12-20-31)32-21-13-10-14-22-32/h9-27,33-34H,5-8H2,1-4H3/b26-25+. The zero-order valence-corrected chi connectivity index (χ0v) is 28.3. The summed E-state index contributed by atoms with van der Waals surface area (Å²) in [6.45, 7) is 6.98. The van der Waals surface area contributed by atoms with Crippen molar-refractivity contribution in [3.8, 4) is 0 Å². The molecule has 4 rings (SSSR count). The van der Waals surface area contributed by atoms with Gasteiger partial charge < -0.3 is 22.7 Å². The van der Waals surface area contributed by atoms with Crippen LogP contribution in [0, 0.1) is 0 Å². The first-order valence-electron chi connectivity index (χ1n) is 14.9. The van der Waals surface area contributed by atoms with Crippen molar-refractivity contribution in [1.29, 1.82) is 0 Å². The van der Waals surface area contributed by atoms with Crippen molar-refractivity contribution in [2.24, 2.45) is 0 Å². The van der Waals surface area contributed by atoms with Crippen molar-refractivity contribution in [3.63, 3.8) is 0 Å². The van der Waals surface area contributed by atoms with Crippen LogP contribution in [0.15, 0.2) is 115 Å². The highest BCUT2D eigenvalue weighted by Crippen LogP contribution is 2.71. The lowest BCUT2D eigenvalue weighted by Gasteiger charge is -2.31. The highest BCUT2D eigenvalue weighted by atomic mass is 31.2. The molecule has 0 aromatic heterocycles. The molecule has 0 bridgehead atoms. The Morgan fingerprint density at radius 1 is 0.545 bits per heavy atom. The summed E-state index contributed by atoms with van der Waals surface area (Å²) in [6, 6.07) is 32.6. The van der Waals surface area contributed by atoms with Gasteiger partial charge in [0.25, 0.3) is 0 Å². The van der Waals surface area contributed by atoms with Crippen molar-refractivity contribution in [1.82, 2.24) is 0 Å². The third-order valence-electron chi connectivity index (χ3n) is 7.14. The average molecular weight is 655 g/mol. The zero-order chi connectivity index (χ0) is 31.6. The van der Waals surface area contributed by atoms with Gasteiger partial charge >= 0.3 is 15.2 Å². The molecule has 4 aromatic carbocycles. The molecule has 234 valence electrons. The molecule has 7 nitrogen and oxygen atoms in total. The minimum absolute atomic E-state index is 0.0560. The molecule has 0 aliphatic carbocycles. The molecule has 0 aliphatic rings. The molecule has 1 atom stereocenters. The number of fused-ring (bicyclic) bond motifs is 1. The molecule has 0 heterocycles. The van der Waals surface area contributed by atoms with Crippen LogP contribution in [0.1, 0.15) is 38.9 Å². The van der Waals surface area contributed by atoms with Gasteiger partial charge in [-0.25, -0.2) is 0 Å². The molecule has 0 fully saturated rings. The first-order chi connectivity index (χ1) is 21.3. The van der Waals surface area contributed by atoms with Crippen LogP contribution in [-0.4, -0.2) is 31.8 Å². The van der Waals surface area contributed by atoms with Gasteiger partial charge in [0.1, 0.15) is 0 Å². The summed E-state index contributed by atoms with van der Waals surface area (Å²) in [5, 5.41) is 1.94. The van der Waals surface area contributed by atoms with E-state index < -0.39 is 33.4 Å². The maximum atomic E-state index is 15.8. The Morgan fingerprint density at radius 3 is 1.43 bits per heavy atom. The third-order valence-corrected chi connectivity index (χ3v) is 16.3. The van der Waals surface area contributed by atoms with E-state index in [-0.39, 0.29) is 26.4 Å². The van der Waals surface area contributed by atoms with Gasteiger partial charge in [-0.3, -0.25) is 9.13 Å². The first kappa shape index (κ1) is 34.3. The van der Waals surface area contributed by atoms with Crippen LogP contribution >= 0.6 is 22.3 Å². The minimum atomic E-state index is -4.08. The van der Waals surface area contributed by atoms with E-state index in [4.69, 9.17) is 18.1 Å². The van der Waals surface area contributed by atoms with E-state index in [9.17, 15) is 9.13 Å². The van der Waals surface area contributed by atoms with Gasteiger partial charge in [0.05, 0.1) is 32.1 Å². The van der Waals surface area contributed by atoms with Gasteiger partial charge in [0.2, 0.25) is 0 Å². The van der Waals surface area contributed by atoms with Gasteiger partial charge in [0, 0.05) is 10.6 Å². The maximum Gasteiger partial charge on any atom is 0.349 e. The van der Waals surface area contributed by atoms with Crippen LogP contribution in [0.2, 0.25) is 0 Å². The van der Waals surface area contributed by atoms with Gasteiger partial charge in [-0.15, -0.1) is 0 Å². The van der Waals surface area contributed by atoms with E-state index in [0.717, 1.165) is 16.3 Å². The van der Waals surface area contributed by atoms with E-state index in [1.54, 1.807) is 33.8 Å². The smallest absolute Gasteiger partial charge is 0.313 e. The summed E-state index contributed by atoms with van der Waals surface area (Å²) in [4.78, 5) is 0. The number of allylic oxidation sites excluding steroid dienone is 2. The molecule has 4 aromatic rings. The molecular formula is C34H41O7P3. The van der Waals surface area contributed by atoms with Gasteiger partial charge in [0.15, 0.2) is 12.5 Å². The Labute approximate surface area is 261 Å². The summed E-state index contributed by atoms with van der Waals surface area (Å²) in [7, 11) is -11.7. The van der Waals surface area contributed by atoms with Crippen molar-refractivity contribution in [2.75, 3.05) is 26.4 Å². The number of benzene rings is 4. The predicted molar refractivity (Wildman–Crippen MR) is 181 cm³/mol. The highest BCUT2D eigenvalue weighted by Gasteiger charge is 2.50. The molecular weight excluding hydrogens is 613 g/mol. The van der Waals surface area contributed by atoms with E-state index in [2.05, 4.69) is 0 Å². The van der Waals surface area contributed by atoms with Gasteiger partial charge in [-0.1, -0.05) is 115 Å². The average Bonchev–Trinajstić information content (AvgIpc) is 3.04. The van der Waals surface area contributed by atoms with Crippen LogP contribution in [0.25, 0.3) is 10.8 Å². The SMILES string of the molecule is CCOP(=O)(OCC)C(/C=C/C(c1ccc2ccccc2c1)P(=O)(c1ccccc1)c1ccccc1)P(=O)(OCC)OCC. The summed E-state index contributed by atoms with van der Waals surface area (Å²) in [5.41, 5.74) is 0.0351. The summed E-state index contributed by atoms with van der Waals surface area (Å²) < 4.78 is 67.2. The second-order valence-electron chi connectivity index (χ2n) is 9.93. The number of rotatable bonds is 16. The van der Waals surface area contributed by atoms with E-state index in [0.29, 0.717) is 10.6 Å². The fourth-order valence-electron chi connectivity index (χ4n) is 5.29. The second kappa shape index (κ2) is 15.6. The molecule has 0 amide bonds. The lowest BCUT2D eigenvalue weighted by molar-refractivity contribution is 0.200. The lowest BCUT2D eigenvalue weighted by atomic mass is 10.0. The molecule has 0 saturated carbocycles. The maximum absolute atomic E-state index is 15.8. The highest BCUT2D eigenvalue weighted by molar-refractivity contribution is 7.79. The summed E-state index contributed by atoms with van der Waals surface area (Å²) >= 11 is 0. The van der Waals surface area contributed by atoms with Crippen molar-refractivity contribution in [2.45, 2.75) is 38.8 Å². The predicted octanol–water partition coefficient (Wildman–Crippen LogP) is 9.31. The monoisotopic (exact) mass is 654 g/mol. The Bertz CT molecular complexity index is 1580. The largest absolute Gasteiger partial charge is 0.349 e. The molecule has 0 N–H and O–H groups in total. The van der Waals surface area contributed by atoms with E-state index in [1.807, 2.05) is 103 Å². The van der Waals surface area contributed by atoms with Crippen molar-refractivity contribution >= 4 is 43.7 Å². The third kappa shape index (κ3) is 7.44. The van der Waals surface area contributed by atoms with E-state index >= 15 is 4.57 Å². The van der Waals surface area contributed by atoms with Crippen molar-refractivity contribution in [3.05, 3.63) is 121 Å². The topological polar surface area (TPSA) is 88.1 Å². The molecule has 0 aliphatic heterocycles. The van der Waals surface area contributed by atoms with Gasteiger partial charge in [-0.2, -0.15) is 0 Å². The fraction of sp³-hybridized carbons (Fsp3) is 0.294. The molecule has 0 spiro atoms. The van der Waals surface area contributed by atoms with Crippen LogP contribution in [0.4, 0.5) is 0 Å². The normalized spacial score (nSPS) is 13.6. The van der Waals surface area contributed by atoms with Crippen LogP contribution < -0.4 is 10.6 Å². The molecule has 10 heteroatoms. The lowest BCUT2D eigenvalue weighted by Crippen LogP contribution is -2.21. The van der Waals surface area contributed by atoms with Crippen molar-refractivity contribution < 1.29 is 31.8 Å². The van der Waals surface area contributed by atoms with Gasteiger partial charge in [-0.05, 0) is 44.0 Å². The van der Waals surface area contributed by atoms with E-state index in [1.165, 1.54) is 6.08 Å². The molecule has 0 saturated heterocycles.